The van der Waals surface area contributed by atoms with E-state index in [0.29, 0.717) is 17.0 Å². The van der Waals surface area contributed by atoms with Crippen molar-refractivity contribution >= 4 is 16.7 Å². The van der Waals surface area contributed by atoms with Crippen molar-refractivity contribution < 1.29 is 35.9 Å². The molecule has 3 aromatic rings. The molecule has 0 N–H and O–H groups in total. The van der Waals surface area contributed by atoms with Gasteiger partial charge in [0, 0.05) is 11.5 Å². The number of nitrogens with zero attached hydrogens (tertiary/aromatic N) is 3. The predicted octanol–water partition coefficient (Wildman–Crippen LogP) is 5.48. The molecule has 0 bridgehead atoms. The number of aromatic nitrogens is 2. The molecule has 0 unspecified atom stereocenters. The van der Waals surface area contributed by atoms with Crippen LogP contribution in [0.2, 0.25) is 0 Å². The molecule has 0 spiro atoms. The molecule has 30 heavy (non-hydrogen) atoms. The lowest BCUT2D eigenvalue weighted by molar-refractivity contribution is -0.144. The number of halogens is 6. The van der Waals surface area contributed by atoms with E-state index < -0.39 is 34.6 Å². The summed E-state index contributed by atoms with van der Waals surface area (Å²) in [6.07, 6.45) is -10.1. The standard InChI is InChI=1S/C19H13F6N3O2/c1-10(11-3-5-12(29-2)6-4-11)28-30-16-8-7-13-14(18(20,21)22)9-15(19(23,24)25)26-17(13)27-16/h3-9H,1-2H3. The molecular formula is C19H13F6N3O2. The van der Waals surface area contributed by atoms with Crippen molar-refractivity contribution in [1.82, 2.24) is 9.97 Å². The van der Waals surface area contributed by atoms with Crippen molar-refractivity contribution in [1.29, 1.82) is 0 Å². The predicted molar refractivity (Wildman–Crippen MR) is 95.4 cm³/mol. The van der Waals surface area contributed by atoms with Gasteiger partial charge >= 0.3 is 12.4 Å². The molecule has 1 aromatic carbocycles. The van der Waals surface area contributed by atoms with Crippen LogP contribution in [-0.2, 0) is 12.4 Å². The van der Waals surface area contributed by atoms with Crippen molar-refractivity contribution in [3.63, 3.8) is 0 Å². The fourth-order valence-corrected chi connectivity index (χ4v) is 2.52. The molecule has 11 heteroatoms. The Balaban J connectivity index is 1.97. The number of pyridine rings is 2. The minimum Gasteiger partial charge on any atom is -0.497 e. The summed E-state index contributed by atoms with van der Waals surface area (Å²) < 4.78 is 83.5. The van der Waals surface area contributed by atoms with Gasteiger partial charge in [-0.15, -0.1) is 0 Å². The molecule has 0 aliphatic rings. The molecule has 3 rings (SSSR count). The minimum atomic E-state index is -5.07. The normalized spacial score (nSPS) is 12.9. The number of fused-ring (bicyclic) bond motifs is 1. The van der Waals surface area contributed by atoms with Crippen molar-refractivity contribution in [3.05, 3.63) is 59.3 Å². The van der Waals surface area contributed by atoms with Crippen LogP contribution in [0.1, 0.15) is 23.7 Å². The quantitative estimate of drug-likeness (QED) is 0.313. The van der Waals surface area contributed by atoms with E-state index in [-0.39, 0.29) is 11.9 Å². The molecule has 158 valence electrons. The second-order valence-corrected chi connectivity index (χ2v) is 6.07. The van der Waals surface area contributed by atoms with Gasteiger partial charge in [0.25, 0.3) is 5.88 Å². The number of ether oxygens (including phenoxy) is 1. The molecule has 0 radical (unpaired) electrons. The first kappa shape index (κ1) is 21.3. The number of oxime groups is 1. The Hall–Kier alpha value is -3.37. The van der Waals surface area contributed by atoms with E-state index in [4.69, 9.17) is 9.57 Å². The number of benzene rings is 1. The van der Waals surface area contributed by atoms with Crippen LogP contribution >= 0.6 is 0 Å². The van der Waals surface area contributed by atoms with E-state index in [2.05, 4.69) is 15.1 Å². The molecule has 0 atom stereocenters. The lowest BCUT2D eigenvalue weighted by Gasteiger charge is -2.13. The smallest absolute Gasteiger partial charge is 0.433 e. The van der Waals surface area contributed by atoms with Crippen LogP contribution in [0.25, 0.3) is 11.0 Å². The zero-order valence-electron chi connectivity index (χ0n) is 15.5. The SMILES string of the molecule is COc1ccc(C(C)=NOc2ccc3c(C(F)(F)F)cc(C(F)(F)F)nc3n2)cc1. The first-order valence-electron chi connectivity index (χ1n) is 8.31. The van der Waals surface area contributed by atoms with Gasteiger partial charge in [-0.25, -0.2) is 4.98 Å². The molecule has 0 fully saturated rings. The number of methoxy groups -OCH3 is 1. The Labute approximate surface area is 166 Å². The van der Waals surface area contributed by atoms with Crippen molar-refractivity contribution in [2.24, 2.45) is 5.16 Å². The Morgan fingerprint density at radius 1 is 0.900 bits per heavy atom. The number of hydrogen-bond donors (Lipinski definition) is 0. The highest BCUT2D eigenvalue weighted by atomic mass is 19.4. The van der Waals surface area contributed by atoms with Gasteiger partial charge in [0.2, 0.25) is 0 Å². The Kier molecular flexibility index (Phi) is 5.55. The van der Waals surface area contributed by atoms with Gasteiger partial charge in [-0.1, -0.05) is 5.16 Å². The summed E-state index contributed by atoms with van der Waals surface area (Å²) in [6.45, 7) is 1.60. The van der Waals surface area contributed by atoms with Crippen molar-refractivity contribution in [3.8, 4) is 11.6 Å². The van der Waals surface area contributed by atoms with Crippen LogP contribution in [0.5, 0.6) is 11.6 Å². The van der Waals surface area contributed by atoms with Gasteiger partial charge in [0.15, 0.2) is 5.65 Å². The summed E-state index contributed by atoms with van der Waals surface area (Å²) in [4.78, 5) is 11.9. The number of rotatable bonds is 4. The van der Waals surface area contributed by atoms with Crippen LogP contribution in [0, 0.1) is 0 Å². The van der Waals surface area contributed by atoms with Gasteiger partial charge in [0.1, 0.15) is 11.4 Å². The molecule has 0 aliphatic carbocycles. The van der Waals surface area contributed by atoms with Crippen LogP contribution in [0.3, 0.4) is 0 Å². The average molecular weight is 429 g/mol. The number of alkyl halides is 6. The summed E-state index contributed by atoms with van der Waals surface area (Å²) in [5, 5.41) is 3.23. The maximum absolute atomic E-state index is 13.2. The first-order chi connectivity index (χ1) is 14.0. The molecule has 5 nitrogen and oxygen atoms in total. The summed E-state index contributed by atoms with van der Waals surface area (Å²) in [7, 11) is 1.51. The Bertz CT molecular complexity index is 1090. The third-order valence-corrected chi connectivity index (χ3v) is 4.03. The van der Waals surface area contributed by atoms with Gasteiger partial charge < -0.3 is 9.57 Å². The molecule has 0 saturated carbocycles. The highest BCUT2D eigenvalue weighted by molar-refractivity contribution is 5.98. The van der Waals surface area contributed by atoms with Crippen LogP contribution in [-0.4, -0.2) is 22.8 Å². The van der Waals surface area contributed by atoms with Gasteiger partial charge in [0.05, 0.1) is 18.4 Å². The molecule has 2 aromatic heterocycles. The first-order valence-corrected chi connectivity index (χ1v) is 8.31. The average Bonchev–Trinajstić information content (AvgIpc) is 2.69. The summed E-state index contributed by atoms with van der Waals surface area (Å²) in [5.74, 6) is 0.311. The zero-order chi connectivity index (χ0) is 22.1. The van der Waals surface area contributed by atoms with Gasteiger partial charge in [-0.2, -0.15) is 31.3 Å². The largest absolute Gasteiger partial charge is 0.497 e. The van der Waals surface area contributed by atoms with Crippen LogP contribution in [0.15, 0.2) is 47.6 Å². The Morgan fingerprint density at radius 3 is 2.13 bits per heavy atom. The maximum Gasteiger partial charge on any atom is 0.433 e. The maximum atomic E-state index is 13.2. The lowest BCUT2D eigenvalue weighted by Crippen LogP contribution is -2.14. The minimum absolute atomic E-state index is 0.0451. The lowest BCUT2D eigenvalue weighted by atomic mass is 10.1. The van der Waals surface area contributed by atoms with E-state index in [1.807, 2.05) is 0 Å². The molecular weight excluding hydrogens is 416 g/mol. The highest BCUT2D eigenvalue weighted by Crippen LogP contribution is 2.38. The van der Waals surface area contributed by atoms with E-state index in [0.717, 1.165) is 12.1 Å². The van der Waals surface area contributed by atoms with Crippen LogP contribution < -0.4 is 9.57 Å². The topological polar surface area (TPSA) is 56.6 Å². The second kappa shape index (κ2) is 7.81. The fourth-order valence-electron chi connectivity index (χ4n) is 2.52. The molecule has 0 aliphatic heterocycles. The van der Waals surface area contributed by atoms with Crippen molar-refractivity contribution in [2.75, 3.05) is 7.11 Å². The monoisotopic (exact) mass is 429 g/mol. The summed E-state index contributed by atoms with van der Waals surface area (Å²) >= 11 is 0. The fraction of sp³-hybridized carbons (Fsp3) is 0.211. The third kappa shape index (κ3) is 4.61. The zero-order valence-corrected chi connectivity index (χ0v) is 15.5. The summed E-state index contributed by atoms with van der Waals surface area (Å²) in [6, 6.07) is 8.72. The third-order valence-electron chi connectivity index (χ3n) is 4.03. The highest BCUT2D eigenvalue weighted by Gasteiger charge is 2.39. The molecule has 0 amide bonds. The molecule has 2 heterocycles. The van der Waals surface area contributed by atoms with Gasteiger partial charge in [-0.05, 0) is 48.9 Å². The van der Waals surface area contributed by atoms with E-state index in [1.54, 1.807) is 31.2 Å². The van der Waals surface area contributed by atoms with E-state index >= 15 is 0 Å². The van der Waals surface area contributed by atoms with Crippen LogP contribution in [0.4, 0.5) is 26.3 Å². The Morgan fingerprint density at radius 2 is 1.57 bits per heavy atom. The van der Waals surface area contributed by atoms with E-state index in [1.165, 1.54) is 7.11 Å². The van der Waals surface area contributed by atoms with Gasteiger partial charge in [-0.3, -0.25) is 0 Å². The van der Waals surface area contributed by atoms with E-state index in [9.17, 15) is 26.3 Å². The number of hydrogen-bond acceptors (Lipinski definition) is 5. The molecule has 0 saturated heterocycles. The van der Waals surface area contributed by atoms with Crippen molar-refractivity contribution in [2.45, 2.75) is 19.3 Å². The second-order valence-electron chi connectivity index (χ2n) is 6.07. The summed E-state index contributed by atoms with van der Waals surface area (Å²) in [5.41, 5.74) is -2.89.